The summed E-state index contributed by atoms with van der Waals surface area (Å²) in [7, 11) is 2.16. The number of nitriles is 1. The summed E-state index contributed by atoms with van der Waals surface area (Å²) in [6.07, 6.45) is 1.14. The molecule has 1 N–H and O–H groups in total. The van der Waals surface area contributed by atoms with Crippen LogP contribution in [-0.4, -0.2) is 37.7 Å². The Hall–Kier alpha value is -1.57. The van der Waals surface area contributed by atoms with E-state index >= 15 is 0 Å². The van der Waals surface area contributed by atoms with Gasteiger partial charge in [0.05, 0.1) is 0 Å². The smallest absolute Gasteiger partial charge is 0.174 e. The maximum Gasteiger partial charge on any atom is 0.174 e. The molecule has 1 rings (SSSR count). The number of ether oxygens (including phenoxy) is 1. The van der Waals surface area contributed by atoms with Crippen LogP contribution in [0.5, 0.6) is 5.75 Å². The largest absolute Gasteiger partial charge is 0.479 e. The zero-order chi connectivity index (χ0) is 15.7. The molecule has 0 radical (unpaired) electrons. The predicted molar refractivity (Wildman–Crippen MR) is 86.4 cm³/mol. The molecule has 4 heteroatoms. The van der Waals surface area contributed by atoms with Gasteiger partial charge in [-0.25, -0.2) is 0 Å². The highest BCUT2D eigenvalue weighted by atomic mass is 16.5. The van der Waals surface area contributed by atoms with E-state index in [1.807, 2.05) is 30.3 Å². The fourth-order valence-electron chi connectivity index (χ4n) is 1.99. The first kappa shape index (κ1) is 17.5. The quantitative estimate of drug-likeness (QED) is 0.710. The Morgan fingerprint density at radius 1 is 1.24 bits per heavy atom. The van der Waals surface area contributed by atoms with Gasteiger partial charge in [0.15, 0.2) is 6.61 Å². The SMILES string of the molecule is CC(NCCCN(C)C(C)C)c1ccc(OCC#N)cc1. The summed E-state index contributed by atoms with van der Waals surface area (Å²) >= 11 is 0. The van der Waals surface area contributed by atoms with Crippen molar-refractivity contribution in [2.24, 2.45) is 0 Å². The fraction of sp³-hybridized carbons (Fsp3) is 0.588. The minimum absolute atomic E-state index is 0.0938. The molecule has 0 aromatic heterocycles. The molecule has 0 fully saturated rings. The van der Waals surface area contributed by atoms with Crippen molar-refractivity contribution >= 4 is 0 Å². The van der Waals surface area contributed by atoms with Gasteiger partial charge >= 0.3 is 0 Å². The molecule has 0 amide bonds. The average molecular weight is 289 g/mol. The lowest BCUT2D eigenvalue weighted by Crippen LogP contribution is -2.30. The van der Waals surface area contributed by atoms with Crippen LogP contribution in [0.1, 0.15) is 38.8 Å². The van der Waals surface area contributed by atoms with Crippen LogP contribution in [0.25, 0.3) is 0 Å². The molecule has 0 aliphatic heterocycles. The Morgan fingerprint density at radius 2 is 1.90 bits per heavy atom. The summed E-state index contributed by atoms with van der Waals surface area (Å²) in [4.78, 5) is 2.35. The Balaban J connectivity index is 2.32. The van der Waals surface area contributed by atoms with Crippen molar-refractivity contribution in [3.05, 3.63) is 29.8 Å². The molecule has 0 heterocycles. The van der Waals surface area contributed by atoms with Gasteiger partial charge < -0.3 is 15.0 Å². The fourth-order valence-corrected chi connectivity index (χ4v) is 1.99. The van der Waals surface area contributed by atoms with E-state index in [0.717, 1.165) is 25.3 Å². The van der Waals surface area contributed by atoms with Gasteiger partial charge in [-0.2, -0.15) is 5.26 Å². The van der Waals surface area contributed by atoms with Crippen LogP contribution in [0.15, 0.2) is 24.3 Å². The third kappa shape index (κ3) is 6.61. The number of hydrogen-bond acceptors (Lipinski definition) is 4. The van der Waals surface area contributed by atoms with Crippen molar-refractivity contribution in [1.82, 2.24) is 10.2 Å². The van der Waals surface area contributed by atoms with Crippen LogP contribution in [0.2, 0.25) is 0 Å². The van der Waals surface area contributed by atoms with E-state index in [1.54, 1.807) is 0 Å². The maximum atomic E-state index is 8.48. The van der Waals surface area contributed by atoms with Crippen molar-refractivity contribution in [2.75, 3.05) is 26.7 Å². The predicted octanol–water partition coefficient (Wildman–Crippen LogP) is 2.97. The first-order chi connectivity index (χ1) is 10.0. The van der Waals surface area contributed by atoms with Crippen molar-refractivity contribution in [2.45, 2.75) is 39.3 Å². The van der Waals surface area contributed by atoms with Gasteiger partial charge in [0, 0.05) is 12.1 Å². The highest BCUT2D eigenvalue weighted by Crippen LogP contribution is 2.17. The summed E-state index contributed by atoms with van der Waals surface area (Å²) < 4.78 is 5.25. The van der Waals surface area contributed by atoms with Gasteiger partial charge in [-0.3, -0.25) is 0 Å². The molecular weight excluding hydrogens is 262 g/mol. The summed E-state index contributed by atoms with van der Waals surface area (Å²) in [5.41, 5.74) is 1.23. The zero-order valence-electron chi connectivity index (χ0n) is 13.6. The van der Waals surface area contributed by atoms with Crippen LogP contribution in [0.3, 0.4) is 0 Å². The van der Waals surface area contributed by atoms with Crippen LogP contribution >= 0.6 is 0 Å². The molecular formula is C17H27N3O. The molecule has 116 valence electrons. The Bertz CT molecular complexity index is 436. The van der Waals surface area contributed by atoms with Crippen molar-refractivity contribution in [3.8, 4) is 11.8 Å². The lowest BCUT2D eigenvalue weighted by atomic mass is 10.1. The average Bonchev–Trinajstić information content (AvgIpc) is 2.49. The molecule has 1 aromatic carbocycles. The number of nitrogens with one attached hydrogen (secondary N) is 1. The van der Waals surface area contributed by atoms with E-state index in [-0.39, 0.29) is 6.61 Å². The minimum Gasteiger partial charge on any atom is -0.479 e. The van der Waals surface area contributed by atoms with Gasteiger partial charge in [0.2, 0.25) is 0 Å². The maximum absolute atomic E-state index is 8.48. The van der Waals surface area contributed by atoms with E-state index in [9.17, 15) is 0 Å². The summed E-state index contributed by atoms with van der Waals surface area (Å²) in [6.45, 7) is 8.80. The minimum atomic E-state index is 0.0938. The summed E-state index contributed by atoms with van der Waals surface area (Å²) in [5.74, 6) is 0.742. The van der Waals surface area contributed by atoms with Crippen LogP contribution < -0.4 is 10.1 Å². The van der Waals surface area contributed by atoms with Crippen molar-refractivity contribution in [3.63, 3.8) is 0 Å². The van der Waals surface area contributed by atoms with Crippen LogP contribution in [0, 0.1) is 11.3 Å². The lowest BCUT2D eigenvalue weighted by molar-refractivity contribution is 0.268. The first-order valence-corrected chi connectivity index (χ1v) is 7.58. The highest BCUT2D eigenvalue weighted by molar-refractivity contribution is 5.29. The van der Waals surface area contributed by atoms with Crippen LogP contribution in [-0.2, 0) is 0 Å². The molecule has 0 spiro atoms. The number of rotatable bonds is 9. The first-order valence-electron chi connectivity index (χ1n) is 7.58. The number of benzene rings is 1. The summed E-state index contributed by atoms with van der Waals surface area (Å²) in [5, 5.41) is 12.0. The molecule has 0 saturated carbocycles. The highest BCUT2D eigenvalue weighted by Gasteiger charge is 2.06. The second kappa shape index (κ2) is 9.38. The molecule has 0 bridgehead atoms. The van der Waals surface area contributed by atoms with Crippen molar-refractivity contribution < 1.29 is 4.74 Å². The molecule has 1 aromatic rings. The van der Waals surface area contributed by atoms with Crippen LogP contribution in [0.4, 0.5) is 0 Å². The molecule has 1 atom stereocenters. The normalized spacial score (nSPS) is 12.4. The molecule has 1 unspecified atom stereocenters. The molecule has 0 aliphatic carbocycles. The Morgan fingerprint density at radius 3 is 2.48 bits per heavy atom. The second-order valence-corrected chi connectivity index (χ2v) is 5.62. The van der Waals surface area contributed by atoms with Crippen molar-refractivity contribution in [1.29, 1.82) is 5.26 Å². The van der Waals surface area contributed by atoms with E-state index < -0.39 is 0 Å². The topological polar surface area (TPSA) is 48.3 Å². The molecule has 0 saturated heterocycles. The molecule has 0 aliphatic rings. The molecule has 21 heavy (non-hydrogen) atoms. The van der Waals surface area contributed by atoms with Gasteiger partial charge in [-0.15, -0.1) is 0 Å². The summed E-state index contributed by atoms with van der Waals surface area (Å²) in [6, 6.07) is 10.8. The monoisotopic (exact) mass is 289 g/mol. The van der Waals surface area contributed by atoms with Gasteiger partial charge in [0.25, 0.3) is 0 Å². The Labute approximate surface area is 128 Å². The third-order valence-corrected chi connectivity index (χ3v) is 3.70. The second-order valence-electron chi connectivity index (χ2n) is 5.62. The van der Waals surface area contributed by atoms with E-state index in [0.29, 0.717) is 12.1 Å². The Kier molecular flexibility index (Phi) is 7.81. The van der Waals surface area contributed by atoms with Gasteiger partial charge in [0.1, 0.15) is 11.8 Å². The standard InChI is InChI=1S/C17H27N3O/c1-14(2)20(4)12-5-11-19-15(3)16-6-8-17(9-7-16)21-13-10-18/h6-9,14-15,19H,5,11-13H2,1-4H3. The zero-order valence-corrected chi connectivity index (χ0v) is 13.6. The number of hydrogen-bond donors (Lipinski definition) is 1. The van der Waals surface area contributed by atoms with E-state index in [2.05, 4.69) is 38.0 Å². The van der Waals surface area contributed by atoms with E-state index in [4.69, 9.17) is 10.00 Å². The van der Waals surface area contributed by atoms with E-state index in [1.165, 1.54) is 5.56 Å². The van der Waals surface area contributed by atoms with Gasteiger partial charge in [-0.1, -0.05) is 12.1 Å². The number of nitrogens with zero attached hydrogens (tertiary/aromatic N) is 2. The molecule has 4 nitrogen and oxygen atoms in total. The van der Waals surface area contributed by atoms with Gasteiger partial charge in [-0.05, 0) is 65.0 Å². The lowest BCUT2D eigenvalue weighted by Gasteiger charge is -2.21. The third-order valence-electron chi connectivity index (χ3n) is 3.70.